The molecule has 3 rings (SSSR count). The number of carbonyl (C=O) groups excluding carboxylic acids is 2. The SMILES string of the molecule is O=C1CCN(CCCCOc2ccc3c(c2)NC(=O)CC3)CC1. The summed E-state index contributed by atoms with van der Waals surface area (Å²) in [6.07, 6.45) is 4.85. The normalized spacial score (nSPS) is 18.4. The molecule has 0 radical (unpaired) electrons. The number of anilines is 1. The highest BCUT2D eigenvalue weighted by atomic mass is 16.5. The van der Waals surface area contributed by atoms with Crippen molar-refractivity contribution in [3.05, 3.63) is 23.8 Å². The smallest absolute Gasteiger partial charge is 0.224 e. The van der Waals surface area contributed by atoms with Gasteiger partial charge in [0.1, 0.15) is 11.5 Å². The lowest BCUT2D eigenvalue weighted by atomic mass is 10.0. The van der Waals surface area contributed by atoms with Crippen molar-refractivity contribution in [2.75, 3.05) is 31.6 Å². The van der Waals surface area contributed by atoms with Crippen LogP contribution in [0.4, 0.5) is 5.69 Å². The zero-order valence-corrected chi connectivity index (χ0v) is 13.5. The number of aryl methyl sites for hydroxylation is 1. The van der Waals surface area contributed by atoms with E-state index >= 15 is 0 Å². The second kappa shape index (κ2) is 7.59. The second-order valence-electron chi connectivity index (χ2n) is 6.30. The quantitative estimate of drug-likeness (QED) is 0.819. The maximum absolute atomic E-state index is 11.4. The molecule has 1 N–H and O–H groups in total. The Balaban J connectivity index is 1.37. The minimum atomic E-state index is 0.0784. The van der Waals surface area contributed by atoms with E-state index < -0.39 is 0 Å². The van der Waals surface area contributed by atoms with Gasteiger partial charge in [-0.1, -0.05) is 6.07 Å². The van der Waals surface area contributed by atoms with Gasteiger partial charge in [-0.25, -0.2) is 0 Å². The molecule has 2 aliphatic rings. The maximum Gasteiger partial charge on any atom is 0.224 e. The van der Waals surface area contributed by atoms with E-state index in [1.807, 2.05) is 18.2 Å². The van der Waals surface area contributed by atoms with Crippen LogP contribution in [0.1, 0.15) is 37.7 Å². The van der Waals surface area contributed by atoms with E-state index in [4.69, 9.17) is 4.74 Å². The van der Waals surface area contributed by atoms with Crippen molar-refractivity contribution in [3.63, 3.8) is 0 Å². The Hall–Kier alpha value is -1.88. The van der Waals surface area contributed by atoms with Crippen LogP contribution < -0.4 is 10.1 Å². The van der Waals surface area contributed by atoms with Crippen molar-refractivity contribution < 1.29 is 14.3 Å². The summed E-state index contributed by atoms with van der Waals surface area (Å²) in [5.41, 5.74) is 2.06. The topological polar surface area (TPSA) is 58.6 Å². The number of amides is 1. The number of piperidine rings is 1. The third kappa shape index (κ3) is 4.55. The number of likely N-dealkylation sites (tertiary alicyclic amines) is 1. The van der Waals surface area contributed by atoms with E-state index in [0.717, 1.165) is 50.3 Å². The molecule has 1 amide bonds. The lowest BCUT2D eigenvalue weighted by molar-refractivity contribution is -0.121. The van der Waals surface area contributed by atoms with Crippen LogP contribution in [0.3, 0.4) is 0 Å². The number of ketones is 1. The van der Waals surface area contributed by atoms with Gasteiger partial charge in [0.25, 0.3) is 0 Å². The number of hydrogen-bond acceptors (Lipinski definition) is 4. The number of nitrogens with zero attached hydrogens (tertiary/aromatic N) is 1. The summed E-state index contributed by atoms with van der Waals surface area (Å²) in [4.78, 5) is 25.0. The molecule has 0 atom stereocenters. The molecule has 5 nitrogen and oxygen atoms in total. The van der Waals surface area contributed by atoms with Gasteiger partial charge in [0.2, 0.25) is 5.91 Å². The van der Waals surface area contributed by atoms with Crippen LogP contribution >= 0.6 is 0 Å². The van der Waals surface area contributed by atoms with Gasteiger partial charge in [-0.3, -0.25) is 9.59 Å². The van der Waals surface area contributed by atoms with Crippen molar-refractivity contribution in [1.29, 1.82) is 0 Å². The molecule has 124 valence electrons. The average molecular weight is 316 g/mol. The summed E-state index contributed by atoms with van der Waals surface area (Å²) in [5.74, 6) is 1.29. The molecule has 2 heterocycles. The number of nitrogens with one attached hydrogen (secondary N) is 1. The summed E-state index contributed by atoms with van der Waals surface area (Å²) in [7, 11) is 0. The third-order valence-corrected chi connectivity index (χ3v) is 4.53. The fraction of sp³-hybridized carbons (Fsp3) is 0.556. The molecule has 1 aromatic rings. The van der Waals surface area contributed by atoms with E-state index in [-0.39, 0.29) is 5.91 Å². The Morgan fingerprint density at radius 3 is 2.70 bits per heavy atom. The molecule has 23 heavy (non-hydrogen) atoms. The fourth-order valence-electron chi connectivity index (χ4n) is 3.09. The number of ether oxygens (including phenoxy) is 1. The number of hydrogen-bond donors (Lipinski definition) is 1. The van der Waals surface area contributed by atoms with Crippen LogP contribution in [0.25, 0.3) is 0 Å². The van der Waals surface area contributed by atoms with E-state index in [1.54, 1.807) is 0 Å². The van der Waals surface area contributed by atoms with Crippen molar-refractivity contribution in [1.82, 2.24) is 4.90 Å². The van der Waals surface area contributed by atoms with Crippen LogP contribution in [0, 0.1) is 0 Å². The predicted octanol–water partition coefficient (Wildman–Crippen LogP) is 2.40. The molecule has 0 aromatic heterocycles. The molecule has 1 aromatic carbocycles. The molecule has 0 aliphatic carbocycles. The Morgan fingerprint density at radius 2 is 1.87 bits per heavy atom. The molecule has 5 heteroatoms. The van der Waals surface area contributed by atoms with Gasteiger partial charge in [-0.2, -0.15) is 0 Å². The van der Waals surface area contributed by atoms with Gasteiger partial charge in [0, 0.05) is 44.1 Å². The minimum Gasteiger partial charge on any atom is -0.494 e. The lowest BCUT2D eigenvalue weighted by Gasteiger charge is -2.25. The summed E-state index contributed by atoms with van der Waals surface area (Å²) < 4.78 is 5.79. The lowest BCUT2D eigenvalue weighted by Crippen LogP contribution is -2.34. The number of fused-ring (bicyclic) bond motifs is 1. The molecule has 2 aliphatic heterocycles. The Kier molecular flexibility index (Phi) is 5.28. The largest absolute Gasteiger partial charge is 0.494 e. The monoisotopic (exact) mass is 316 g/mol. The zero-order valence-electron chi connectivity index (χ0n) is 13.5. The standard InChI is InChI=1S/C18H24N2O3/c21-15-7-10-20(11-8-15)9-1-2-12-23-16-5-3-14-4-6-18(22)19-17(14)13-16/h3,5,13H,1-2,4,6-12H2,(H,19,22). The van der Waals surface area contributed by atoms with Crippen molar-refractivity contribution in [2.24, 2.45) is 0 Å². The van der Waals surface area contributed by atoms with E-state index in [2.05, 4.69) is 10.2 Å². The van der Waals surface area contributed by atoms with Crippen LogP contribution in [-0.2, 0) is 16.0 Å². The molecular formula is C18H24N2O3. The van der Waals surface area contributed by atoms with Gasteiger partial charge in [-0.15, -0.1) is 0 Å². The van der Waals surface area contributed by atoms with Gasteiger partial charge < -0.3 is 15.0 Å². The highest BCUT2D eigenvalue weighted by molar-refractivity contribution is 5.94. The third-order valence-electron chi connectivity index (χ3n) is 4.53. The van der Waals surface area contributed by atoms with Crippen molar-refractivity contribution in [3.8, 4) is 5.75 Å². The van der Waals surface area contributed by atoms with Crippen LogP contribution in [0.2, 0.25) is 0 Å². The van der Waals surface area contributed by atoms with Crippen molar-refractivity contribution >= 4 is 17.4 Å². The van der Waals surface area contributed by atoms with E-state index in [1.165, 1.54) is 5.56 Å². The number of carbonyl (C=O) groups is 2. The highest BCUT2D eigenvalue weighted by Gasteiger charge is 2.16. The fourth-order valence-corrected chi connectivity index (χ4v) is 3.09. The maximum atomic E-state index is 11.4. The van der Waals surface area contributed by atoms with Gasteiger partial charge in [0.15, 0.2) is 0 Å². The van der Waals surface area contributed by atoms with Gasteiger partial charge in [-0.05, 0) is 37.4 Å². The Morgan fingerprint density at radius 1 is 1.04 bits per heavy atom. The molecular weight excluding hydrogens is 292 g/mol. The van der Waals surface area contributed by atoms with Crippen LogP contribution in [0.5, 0.6) is 5.75 Å². The number of rotatable bonds is 6. The summed E-state index contributed by atoms with van der Waals surface area (Å²) in [6, 6.07) is 5.93. The molecule has 0 spiro atoms. The molecule has 0 bridgehead atoms. The Labute approximate surface area is 137 Å². The molecule has 1 saturated heterocycles. The molecule has 0 saturated carbocycles. The number of unbranched alkanes of at least 4 members (excludes halogenated alkanes) is 1. The van der Waals surface area contributed by atoms with Crippen LogP contribution in [0.15, 0.2) is 18.2 Å². The minimum absolute atomic E-state index is 0.0784. The first-order valence-electron chi connectivity index (χ1n) is 8.50. The molecule has 0 unspecified atom stereocenters. The average Bonchev–Trinajstić information content (AvgIpc) is 2.56. The second-order valence-corrected chi connectivity index (χ2v) is 6.30. The van der Waals surface area contributed by atoms with Gasteiger partial charge >= 0.3 is 0 Å². The van der Waals surface area contributed by atoms with E-state index in [0.29, 0.717) is 31.7 Å². The zero-order chi connectivity index (χ0) is 16.1. The number of benzene rings is 1. The first kappa shape index (κ1) is 16.0. The van der Waals surface area contributed by atoms with Crippen molar-refractivity contribution in [2.45, 2.75) is 38.5 Å². The summed E-state index contributed by atoms with van der Waals surface area (Å²) in [5, 5.41) is 2.90. The first-order chi connectivity index (χ1) is 11.2. The number of Topliss-reactive ketones (excluding diaryl/α,β-unsaturated/α-hetero) is 1. The first-order valence-corrected chi connectivity index (χ1v) is 8.50. The Bertz CT molecular complexity index is 576. The summed E-state index contributed by atoms with van der Waals surface area (Å²) in [6.45, 7) is 3.53. The predicted molar refractivity (Wildman–Crippen MR) is 88.8 cm³/mol. The van der Waals surface area contributed by atoms with Crippen LogP contribution in [-0.4, -0.2) is 42.8 Å². The molecule has 1 fully saturated rings. The van der Waals surface area contributed by atoms with E-state index in [9.17, 15) is 9.59 Å². The highest BCUT2D eigenvalue weighted by Crippen LogP contribution is 2.27. The summed E-state index contributed by atoms with van der Waals surface area (Å²) >= 11 is 0. The van der Waals surface area contributed by atoms with Gasteiger partial charge in [0.05, 0.1) is 6.61 Å².